The first-order valence-electron chi connectivity index (χ1n) is 8.03. The normalized spacial score (nSPS) is 17.2. The molecule has 2 aromatic rings. The molecule has 1 aliphatic rings. The number of hydrogen-bond donors (Lipinski definition) is 1. The summed E-state index contributed by atoms with van der Waals surface area (Å²) in [4.78, 5) is 26.3. The van der Waals surface area contributed by atoms with Gasteiger partial charge >= 0.3 is 0 Å². The first-order chi connectivity index (χ1) is 11.6. The molecule has 1 aliphatic heterocycles. The number of aryl methyl sites for hydroxylation is 1. The van der Waals surface area contributed by atoms with Gasteiger partial charge in [0.25, 0.3) is 0 Å². The van der Waals surface area contributed by atoms with Crippen molar-refractivity contribution in [1.29, 1.82) is 0 Å². The molecule has 1 fully saturated rings. The zero-order chi connectivity index (χ0) is 17.1. The van der Waals surface area contributed by atoms with Crippen LogP contribution in [0.2, 0.25) is 5.02 Å². The predicted molar refractivity (Wildman–Crippen MR) is 96.4 cm³/mol. The van der Waals surface area contributed by atoms with Crippen LogP contribution >= 0.6 is 11.6 Å². The number of hydrogen-bond acceptors (Lipinski definition) is 2. The van der Waals surface area contributed by atoms with Gasteiger partial charge in [0, 0.05) is 18.7 Å². The van der Waals surface area contributed by atoms with Gasteiger partial charge in [-0.3, -0.25) is 9.59 Å². The van der Waals surface area contributed by atoms with Crippen molar-refractivity contribution in [1.82, 2.24) is 0 Å². The lowest BCUT2D eigenvalue weighted by molar-refractivity contribution is -0.122. The Morgan fingerprint density at radius 3 is 2.58 bits per heavy atom. The van der Waals surface area contributed by atoms with Crippen molar-refractivity contribution in [2.45, 2.75) is 19.8 Å². The summed E-state index contributed by atoms with van der Waals surface area (Å²) >= 11 is 6.16. The molecule has 0 saturated carbocycles. The van der Waals surface area contributed by atoms with E-state index in [0.29, 0.717) is 17.3 Å². The summed E-state index contributed by atoms with van der Waals surface area (Å²) in [5.41, 5.74) is 2.63. The Hall–Kier alpha value is -2.33. The van der Waals surface area contributed by atoms with E-state index in [1.807, 2.05) is 36.4 Å². The lowest BCUT2D eigenvalue weighted by atomic mass is 10.1. The van der Waals surface area contributed by atoms with Gasteiger partial charge in [-0.15, -0.1) is 0 Å². The van der Waals surface area contributed by atoms with E-state index in [2.05, 4.69) is 12.2 Å². The Balaban J connectivity index is 1.68. The molecule has 0 unspecified atom stereocenters. The molecule has 4 nitrogen and oxygen atoms in total. The first kappa shape index (κ1) is 16.5. The van der Waals surface area contributed by atoms with E-state index in [0.717, 1.165) is 12.1 Å². The standard InChI is InChI=1S/C19H19ClN2O2/c1-2-13-7-9-15(10-8-13)21-19(24)14-11-18(23)22(12-14)17-6-4-3-5-16(17)20/h3-10,14H,2,11-12H2,1H3,(H,21,24)/t14-/m1/s1. The molecule has 0 aliphatic carbocycles. The van der Waals surface area contributed by atoms with Gasteiger partial charge in [0.1, 0.15) is 0 Å². The maximum atomic E-state index is 12.5. The molecule has 3 rings (SSSR count). The van der Waals surface area contributed by atoms with E-state index in [9.17, 15) is 9.59 Å². The quantitative estimate of drug-likeness (QED) is 0.916. The molecule has 24 heavy (non-hydrogen) atoms. The number of carbonyl (C=O) groups excluding carboxylic acids is 2. The molecule has 124 valence electrons. The van der Waals surface area contributed by atoms with Crippen LogP contribution in [0.3, 0.4) is 0 Å². The smallest absolute Gasteiger partial charge is 0.229 e. The summed E-state index contributed by atoms with van der Waals surface area (Å²) in [6.45, 7) is 2.43. The van der Waals surface area contributed by atoms with E-state index in [1.165, 1.54) is 5.56 Å². The van der Waals surface area contributed by atoms with E-state index >= 15 is 0 Å². The summed E-state index contributed by atoms with van der Waals surface area (Å²) in [5, 5.41) is 3.41. The number of rotatable bonds is 4. The molecule has 1 atom stereocenters. The van der Waals surface area contributed by atoms with Gasteiger partial charge in [-0.05, 0) is 36.2 Å². The van der Waals surface area contributed by atoms with Gasteiger partial charge in [-0.25, -0.2) is 0 Å². The molecule has 2 aromatic carbocycles. The SMILES string of the molecule is CCc1ccc(NC(=O)[C@@H]2CC(=O)N(c3ccccc3Cl)C2)cc1. The van der Waals surface area contributed by atoms with Crippen LogP contribution in [-0.4, -0.2) is 18.4 Å². The predicted octanol–water partition coefficient (Wildman–Crippen LogP) is 3.89. The van der Waals surface area contributed by atoms with Crippen molar-refractivity contribution in [2.75, 3.05) is 16.8 Å². The Labute approximate surface area is 146 Å². The zero-order valence-electron chi connectivity index (χ0n) is 13.5. The Bertz CT molecular complexity index is 758. The Morgan fingerprint density at radius 1 is 1.21 bits per heavy atom. The fraction of sp³-hybridized carbons (Fsp3) is 0.263. The molecule has 0 spiro atoms. The molecule has 5 heteroatoms. The first-order valence-corrected chi connectivity index (χ1v) is 8.41. The minimum atomic E-state index is -0.375. The molecule has 0 radical (unpaired) electrons. The molecule has 2 amide bonds. The highest BCUT2D eigenvalue weighted by molar-refractivity contribution is 6.33. The third-order valence-corrected chi connectivity index (χ3v) is 4.59. The third kappa shape index (κ3) is 3.44. The van der Waals surface area contributed by atoms with Gasteiger partial charge < -0.3 is 10.2 Å². The molecule has 1 saturated heterocycles. The Morgan fingerprint density at radius 2 is 1.92 bits per heavy atom. The second-order valence-electron chi connectivity index (χ2n) is 5.90. The summed E-state index contributed by atoms with van der Waals surface area (Å²) in [6.07, 6.45) is 1.16. The number of amides is 2. The van der Waals surface area contributed by atoms with Crippen LogP contribution in [0, 0.1) is 5.92 Å². The van der Waals surface area contributed by atoms with Crippen molar-refractivity contribution < 1.29 is 9.59 Å². The number of nitrogens with zero attached hydrogens (tertiary/aromatic N) is 1. The molecule has 0 bridgehead atoms. The Kier molecular flexibility index (Phi) is 4.86. The van der Waals surface area contributed by atoms with Gasteiger partial charge in [0.05, 0.1) is 16.6 Å². The largest absolute Gasteiger partial charge is 0.326 e. The van der Waals surface area contributed by atoms with Gasteiger partial charge in [0.15, 0.2) is 0 Å². The van der Waals surface area contributed by atoms with Gasteiger partial charge in [-0.1, -0.05) is 42.8 Å². The fourth-order valence-electron chi connectivity index (χ4n) is 2.85. The van der Waals surface area contributed by atoms with Crippen LogP contribution in [0.4, 0.5) is 11.4 Å². The van der Waals surface area contributed by atoms with Crippen LogP contribution in [0.5, 0.6) is 0 Å². The number of carbonyl (C=O) groups is 2. The van der Waals surface area contributed by atoms with Crippen molar-refractivity contribution in [3.8, 4) is 0 Å². The number of para-hydroxylation sites is 1. The van der Waals surface area contributed by atoms with Crippen LogP contribution in [0.15, 0.2) is 48.5 Å². The lowest BCUT2D eigenvalue weighted by Crippen LogP contribution is -2.28. The fourth-order valence-corrected chi connectivity index (χ4v) is 3.09. The number of anilines is 2. The highest BCUT2D eigenvalue weighted by Crippen LogP contribution is 2.31. The van der Waals surface area contributed by atoms with Crippen molar-refractivity contribution in [2.24, 2.45) is 5.92 Å². The second-order valence-corrected chi connectivity index (χ2v) is 6.30. The van der Waals surface area contributed by atoms with Crippen molar-refractivity contribution in [3.05, 3.63) is 59.1 Å². The highest BCUT2D eigenvalue weighted by atomic mass is 35.5. The summed E-state index contributed by atoms with van der Waals surface area (Å²) < 4.78 is 0. The van der Waals surface area contributed by atoms with Crippen LogP contribution < -0.4 is 10.2 Å². The molecular weight excluding hydrogens is 324 g/mol. The average Bonchev–Trinajstić information content (AvgIpc) is 2.98. The summed E-state index contributed by atoms with van der Waals surface area (Å²) in [5.74, 6) is -0.591. The topological polar surface area (TPSA) is 49.4 Å². The van der Waals surface area contributed by atoms with E-state index in [-0.39, 0.29) is 24.2 Å². The average molecular weight is 343 g/mol. The van der Waals surface area contributed by atoms with Crippen LogP contribution in [0.1, 0.15) is 18.9 Å². The van der Waals surface area contributed by atoms with Crippen molar-refractivity contribution in [3.63, 3.8) is 0 Å². The number of halogens is 1. The third-order valence-electron chi connectivity index (χ3n) is 4.27. The maximum absolute atomic E-state index is 12.5. The zero-order valence-corrected chi connectivity index (χ0v) is 14.2. The molecule has 1 heterocycles. The van der Waals surface area contributed by atoms with Gasteiger partial charge in [-0.2, -0.15) is 0 Å². The van der Waals surface area contributed by atoms with E-state index in [1.54, 1.807) is 17.0 Å². The molecule has 1 N–H and O–H groups in total. The lowest BCUT2D eigenvalue weighted by Gasteiger charge is -2.18. The van der Waals surface area contributed by atoms with E-state index < -0.39 is 0 Å². The number of nitrogens with one attached hydrogen (secondary N) is 1. The highest BCUT2D eigenvalue weighted by Gasteiger charge is 2.35. The monoisotopic (exact) mass is 342 g/mol. The maximum Gasteiger partial charge on any atom is 0.229 e. The summed E-state index contributed by atoms with van der Waals surface area (Å²) in [6, 6.07) is 14.9. The summed E-state index contributed by atoms with van der Waals surface area (Å²) in [7, 11) is 0. The molecule has 0 aromatic heterocycles. The van der Waals surface area contributed by atoms with Crippen LogP contribution in [0.25, 0.3) is 0 Å². The van der Waals surface area contributed by atoms with E-state index in [4.69, 9.17) is 11.6 Å². The minimum Gasteiger partial charge on any atom is -0.326 e. The van der Waals surface area contributed by atoms with Gasteiger partial charge in [0.2, 0.25) is 11.8 Å². The minimum absolute atomic E-state index is 0.0791. The number of benzene rings is 2. The van der Waals surface area contributed by atoms with Crippen molar-refractivity contribution >= 4 is 34.8 Å². The molecular formula is C19H19ClN2O2. The second kappa shape index (κ2) is 7.05. The van der Waals surface area contributed by atoms with Crippen LogP contribution in [-0.2, 0) is 16.0 Å².